The molecule has 0 atom stereocenters. The smallest absolute Gasteiger partial charge is 0.328 e. The summed E-state index contributed by atoms with van der Waals surface area (Å²) in [5, 5.41) is 3.51. The predicted octanol–water partition coefficient (Wildman–Crippen LogP) is 5.29. The summed E-state index contributed by atoms with van der Waals surface area (Å²) < 4.78 is 13.7. The molecule has 0 fully saturated rings. The summed E-state index contributed by atoms with van der Waals surface area (Å²) in [6.45, 7) is 6.13. The van der Waals surface area contributed by atoms with Gasteiger partial charge in [-0.3, -0.25) is 0 Å². The number of aromatic nitrogens is 2. The van der Waals surface area contributed by atoms with Crippen molar-refractivity contribution in [2.75, 3.05) is 11.2 Å². The number of nitrogens with zero attached hydrogens (tertiary/aromatic N) is 3. The van der Waals surface area contributed by atoms with Crippen LogP contribution in [0.5, 0.6) is 0 Å². The number of hydrogen-bond acceptors (Lipinski definition) is 4. The number of fused-ring (bicyclic) bond motifs is 1. The largest absolute Gasteiger partial charge is 0.333 e. The molecule has 29 heavy (non-hydrogen) atoms. The number of anilines is 2. The number of para-hydroxylation sites is 1. The fourth-order valence-corrected chi connectivity index (χ4v) is 4.07. The van der Waals surface area contributed by atoms with Gasteiger partial charge < -0.3 is 5.32 Å². The molecule has 2 aromatic carbocycles. The van der Waals surface area contributed by atoms with Crippen LogP contribution in [-0.2, 0) is 6.54 Å². The lowest BCUT2D eigenvalue weighted by Crippen LogP contribution is -2.43. The molecule has 0 bridgehead atoms. The van der Waals surface area contributed by atoms with E-state index < -0.39 is 0 Å². The molecule has 0 spiro atoms. The Morgan fingerprint density at radius 1 is 1.07 bits per heavy atom. The normalized spacial score (nSPS) is 13.3. The van der Waals surface area contributed by atoms with Gasteiger partial charge in [-0.15, -0.1) is 0 Å². The van der Waals surface area contributed by atoms with Crippen LogP contribution in [0.3, 0.4) is 0 Å². The minimum atomic E-state index is -0.287. The first-order chi connectivity index (χ1) is 13.9. The lowest BCUT2D eigenvalue weighted by atomic mass is 9.99. The van der Waals surface area contributed by atoms with Gasteiger partial charge in [0.15, 0.2) is 11.0 Å². The lowest BCUT2D eigenvalue weighted by Gasteiger charge is -2.32. The van der Waals surface area contributed by atoms with Crippen LogP contribution in [0.25, 0.3) is 11.3 Å². The van der Waals surface area contributed by atoms with Gasteiger partial charge in [-0.05, 0) is 61.9 Å². The molecule has 5 nitrogen and oxygen atoms in total. The average Bonchev–Trinajstić information content (AvgIpc) is 2.68. The van der Waals surface area contributed by atoms with E-state index in [0.717, 1.165) is 33.5 Å². The van der Waals surface area contributed by atoms with Crippen LogP contribution in [0.15, 0.2) is 41.6 Å². The zero-order chi connectivity index (χ0) is 20.7. The third-order valence-corrected chi connectivity index (χ3v) is 5.63. The number of amides is 2. The van der Waals surface area contributed by atoms with E-state index in [9.17, 15) is 9.18 Å². The van der Waals surface area contributed by atoms with Gasteiger partial charge in [0.1, 0.15) is 5.82 Å². The number of carbonyl (C=O) groups is 1. The van der Waals surface area contributed by atoms with E-state index in [1.165, 1.54) is 23.9 Å². The van der Waals surface area contributed by atoms with Crippen molar-refractivity contribution in [2.24, 2.45) is 0 Å². The summed E-state index contributed by atoms with van der Waals surface area (Å²) in [5.74, 6) is 0.286. The minimum Gasteiger partial charge on any atom is -0.333 e. The highest BCUT2D eigenvalue weighted by atomic mass is 32.2. The maximum Gasteiger partial charge on any atom is 0.328 e. The first-order valence-corrected chi connectivity index (χ1v) is 10.5. The number of halogens is 1. The Morgan fingerprint density at radius 3 is 2.45 bits per heavy atom. The molecule has 2 amide bonds. The van der Waals surface area contributed by atoms with E-state index in [4.69, 9.17) is 9.97 Å². The average molecular weight is 409 g/mol. The number of aryl methyl sites for hydroxylation is 3. The molecular weight excluding hydrogens is 387 g/mol. The van der Waals surface area contributed by atoms with Crippen LogP contribution in [0.2, 0.25) is 0 Å². The van der Waals surface area contributed by atoms with Crippen molar-refractivity contribution in [3.8, 4) is 11.3 Å². The Kier molecular flexibility index (Phi) is 5.00. The molecule has 1 N–H and O–H groups in total. The number of urea groups is 1. The molecule has 4 rings (SSSR count). The second-order valence-electron chi connectivity index (χ2n) is 7.05. The maximum absolute atomic E-state index is 13.7. The van der Waals surface area contributed by atoms with Crippen molar-refractivity contribution in [2.45, 2.75) is 32.5 Å². The monoisotopic (exact) mass is 408 g/mol. The van der Waals surface area contributed by atoms with Gasteiger partial charge >= 0.3 is 6.03 Å². The van der Waals surface area contributed by atoms with Crippen molar-refractivity contribution in [1.82, 2.24) is 15.3 Å². The zero-order valence-corrected chi connectivity index (χ0v) is 17.5. The van der Waals surface area contributed by atoms with Crippen LogP contribution in [0.4, 0.5) is 20.7 Å². The third-order valence-electron chi connectivity index (χ3n) is 5.09. The highest BCUT2D eigenvalue weighted by Crippen LogP contribution is 2.39. The summed E-state index contributed by atoms with van der Waals surface area (Å²) in [7, 11) is 0. The van der Waals surface area contributed by atoms with Crippen LogP contribution >= 0.6 is 11.8 Å². The number of benzene rings is 2. The molecule has 0 unspecified atom stereocenters. The van der Waals surface area contributed by atoms with E-state index in [2.05, 4.69) is 5.32 Å². The van der Waals surface area contributed by atoms with E-state index in [1.807, 2.05) is 45.2 Å². The number of nitrogens with one attached hydrogen (secondary N) is 1. The standard InChI is InChI=1S/C22H21FN4OS/c1-12-6-5-7-13(2)19(12)27-20-17(11-24-22(27)28)18(25-21(26-20)29-4)16-9-8-15(23)10-14(16)3/h5-10H,11H2,1-4H3,(H,24,28). The Hall–Kier alpha value is -2.93. The van der Waals surface area contributed by atoms with Crippen molar-refractivity contribution in [3.63, 3.8) is 0 Å². The van der Waals surface area contributed by atoms with E-state index in [-0.39, 0.29) is 11.8 Å². The van der Waals surface area contributed by atoms with Crippen molar-refractivity contribution < 1.29 is 9.18 Å². The molecule has 1 aliphatic heterocycles. The van der Waals surface area contributed by atoms with Gasteiger partial charge in [0.2, 0.25) is 0 Å². The second-order valence-corrected chi connectivity index (χ2v) is 7.83. The molecule has 3 aromatic rings. The quantitative estimate of drug-likeness (QED) is 0.472. The van der Waals surface area contributed by atoms with Gasteiger partial charge in [0.05, 0.1) is 17.9 Å². The second kappa shape index (κ2) is 7.48. The molecule has 0 saturated carbocycles. The molecule has 1 aliphatic rings. The van der Waals surface area contributed by atoms with Crippen LogP contribution in [0.1, 0.15) is 22.3 Å². The van der Waals surface area contributed by atoms with Crippen molar-refractivity contribution in [3.05, 3.63) is 64.5 Å². The SMILES string of the molecule is CSc1nc(-c2ccc(F)cc2C)c2c(n1)N(c1c(C)cccc1C)C(=O)NC2. The first-order valence-electron chi connectivity index (χ1n) is 9.26. The predicted molar refractivity (Wildman–Crippen MR) is 114 cm³/mol. The highest BCUT2D eigenvalue weighted by Gasteiger charge is 2.32. The van der Waals surface area contributed by atoms with Crippen molar-refractivity contribution in [1.29, 1.82) is 0 Å². The van der Waals surface area contributed by atoms with E-state index >= 15 is 0 Å². The third kappa shape index (κ3) is 3.35. The number of carbonyl (C=O) groups excluding carboxylic acids is 1. The Balaban J connectivity index is 2.00. The first kappa shape index (κ1) is 19.4. The fourth-order valence-electron chi connectivity index (χ4n) is 3.71. The minimum absolute atomic E-state index is 0.220. The fraction of sp³-hybridized carbons (Fsp3) is 0.227. The molecule has 1 aromatic heterocycles. The molecule has 148 valence electrons. The number of hydrogen-bond donors (Lipinski definition) is 1. The molecule has 7 heteroatoms. The van der Waals surface area contributed by atoms with Gasteiger partial charge in [-0.25, -0.2) is 24.1 Å². The topological polar surface area (TPSA) is 58.1 Å². The Bertz CT molecular complexity index is 1110. The molecule has 2 heterocycles. The number of thioether (sulfide) groups is 1. The van der Waals surface area contributed by atoms with Gasteiger partial charge in [-0.1, -0.05) is 30.0 Å². The van der Waals surface area contributed by atoms with Crippen LogP contribution in [-0.4, -0.2) is 22.3 Å². The van der Waals surface area contributed by atoms with Crippen LogP contribution in [0, 0.1) is 26.6 Å². The number of rotatable bonds is 3. The molecule has 0 aliphatic carbocycles. The maximum atomic E-state index is 13.7. The molecule has 0 saturated heterocycles. The van der Waals surface area contributed by atoms with E-state index in [1.54, 1.807) is 11.0 Å². The van der Waals surface area contributed by atoms with Crippen LogP contribution < -0.4 is 10.2 Å². The van der Waals surface area contributed by atoms with E-state index in [0.29, 0.717) is 23.2 Å². The zero-order valence-electron chi connectivity index (χ0n) is 16.7. The van der Waals surface area contributed by atoms with Gasteiger partial charge in [-0.2, -0.15) is 0 Å². The summed E-state index contributed by atoms with van der Waals surface area (Å²) in [6, 6.07) is 10.4. The van der Waals surface area contributed by atoms with Crippen molar-refractivity contribution >= 4 is 29.3 Å². The summed E-state index contributed by atoms with van der Waals surface area (Å²) in [4.78, 5) is 24.0. The Morgan fingerprint density at radius 2 is 1.79 bits per heavy atom. The summed E-state index contributed by atoms with van der Waals surface area (Å²) in [6.07, 6.45) is 1.90. The summed E-state index contributed by atoms with van der Waals surface area (Å²) >= 11 is 1.41. The Labute approximate surface area is 173 Å². The lowest BCUT2D eigenvalue weighted by molar-refractivity contribution is 0.246. The molecular formula is C22H21FN4OS. The van der Waals surface area contributed by atoms with Gasteiger partial charge in [0.25, 0.3) is 0 Å². The summed E-state index contributed by atoms with van der Waals surface area (Å²) in [5.41, 5.74) is 5.94. The highest BCUT2D eigenvalue weighted by molar-refractivity contribution is 7.98. The molecule has 0 radical (unpaired) electrons. The van der Waals surface area contributed by atoms with Gasteiger partial charge in [0, 0.05) is 11.1 Å².